The first-order chi connectivity index (χ1) is 7.77. The van der Waals surface area contributed by atoms with Crippen molar-refractivity contribution in [2.75, 3.05) is 13.2 Å². The summed E-state index contributed by atoms with van der Waals surface area (Å²) in [6.07, 6.45) is 5.58. The van der Waals surface area contributed by atoms with Gasteiger partial charge in [0.25, 0.3) is 0 Å². The van der Waals surface area contributed by atoms with Gasteiger partial charge in [0.1, 0.15) is 0 Å². The molecular formula is C12H16ClNO2. The fourth-order valence-electron chi connectivity index (χ4n) is 2.03. The molecule has 88 valence electrons. The minimum absolute atomic E-state index is 0.234. The van der Waals surface area contributed by atoms with Gasteiger partial charge in [-0.15, -0.1) is 0 Å². The van der Waals surface area contributed by atoms with E-state index in [0.717, 1.165) is 25.0 Å². The lowest BCUT2D eigenvalue weighted by atomic mass is 9.92. The minimum atomic E-state index is -0.375. The number of hydrogen-bond acceptors (Lipinski definition) is 3. The Kier molecular flexibility index (Phi) is 4.16. The first-order valence-corrected chi connectivity index (χ1v) is 5.99. The molecule has 0 bridgehead atoms. The van der Waals surface area contributed by atoms with Crippen LogP contribution in [0.1, 0.15) is 18.4 Å². The molecule has 2 heterocycles. The van der Waals surface area contributed by atoms with Crippen LogP contribution in [-0.4, -0.2) is 29.4 Å². The predicted octanol–water partition coefficient (Wildman–Crippen LogP) is 2.06. The van der Waals surface area contributed by atoms with Crippen LogP contribution in [0.15, 0.2) is 18.5 Å². The zero-order valence-electron chi connectivity index (χ0n) is 9.10. The number of aliphatic hydroxyl groups is 1. The van der Waals surface area contributed by atoms with Crippen molar-refractivity contribution < 1.29 is 9.84 Å². The Hall–Kier alpha value is -0.640. The summed E-state index contributed by atoms with van der Waals surface area (Å²) in [5, 5.41) is 10.7. The van der Waals surface area contributed by atoms with E-state index in [4.69, 9.17) is 16.3 Å². The van der Waals surface area contributed by atoms with Gasteiger partial charge in [0.2, 0.25) is 0 Å². The molecule has 1 aromatic rings. The minimum Gasteiger partial charge on any atom is -0.392 e. The highest BCUT2D eigenvalue weighted by Gasteiger charge is 2.23. The van der Waals surface area contributed by atoms with E-state index in [9.17, 15) is 5.11 Å². The SMILES string of the molecule is OC(Cc1ccncc1Cl)C1CCCOC1. The number of aliphatic hydroxyl groups excluding tert-OH is 1. The van der Waals surface area contributed by atoms with Crippen LogP contribution < -0.4 is 0 Å². The third kappa shape index (κ3) is 2.94. The molecule has 1 fully saturated rings. The molecule has 2 rings (SSSR count). The Bertz CT molecular complexity index is 340. The first-order valence-electron chi connectivity index (χ1n) is 5.61. The molecule has 0 saturated carbocycles. The van der Waals surface area contributed by atoms with Crippen LogP contribution in [-0.2, 0) is 11.2 Å². The van der Waals surface area contributed by atoms with Crippen molar-refractivity contribution >= 4 is 11.6 Å². The Balaban J connectivity index is 1.96. The molecule has 1 saturated heterocycles. The Morgan fingerprint density at radius 3 is 3.19 bits per heavy atom. The van der Waals surface area contributed by atoms with E-state index in [1.807, 2.05) is 6.07 Å². The van der Waals surface area contributed by atoms with Crippen molar-refractivity contribution in [1.82, 2.24) is 4.98 Å². The molecule has 16 heavy (non-hydrogen) atoms. The van der Waals surface area contributed by atoms with Crippen LogP contribution >= 0.6 is 11.6 Å². The summed E-state index contributed by atoms with van der Waals surface area (Å²) in [6, 6.07) is 1.86. The van der Waals surface area contributed by atoms with Gasteiger partial charge in [-0.25, -0.2) is 0 Å². The zero-order chi connectivity index (χ0) is 11.4. The smallest absolute Gasteiger partial charge is 0.0631 e. The van der Waals surface area contributed by atoms with Crippen molar-refractivity contribution in [3.63, 3.8) is 0 Å². The third-order valence-corrected chi connectivity index (χ3v) is 3.37. The molecule has 1 aromatic heterocycles. The van der Waals surface area contributed by atoms with Crippen LogP contribution in [0.5, 0.6) is 0 Å². The normalized spacial score (nSPS) is 23.0. The fourth-order valence-corrected chi connectivity index (χ4v) is 2.23. The molecule has 1 aliphatic heterocycles. The average Bonchev–Trinajstić information content (AvgIpc) is 2.33. The molecule has 0 aliphatic carbocycles. The summed E-state index contributed by atoms with van der Waals surface area (Å²) in [5.74, 6) is 0.234. The molecular weight excluding hydrogens is 226 g/mol. The van der Waals surface area contributed by atoms with Gasteiger partial charge in [0.05, 0.1) is 17.7 Å². The predicted molar refractivity (Wildman–Crippen MR) is 62.5 cm³/mol. The van der Waals surface area contributed by atoms with Gasteiger partial charge in [-0.2, -0.15) is 0 Å². The van der Waals surface area contributed by atoms with Crippen molar-refractivity contribution in [2.45, 2.75) is 25.4 Å². The molecule has 0 spiro atoms. The number of pyridine rings is 1. The maximum absolute atomic E-state index is 10.1. The number of halogens is 1. The lowest BCUT2D eigenvalue weighted by Crippen LogP contribution is -2.30. The Morgan fingerprint density at radius 2 is 2.50 bits per heavy atom. The second-order valence-electron chi connectivity index (χ2n) is 4.22. The molecule has 0 radical (unpaired) electrons. The van der Waals surface area contributed by atoms with E-state index in [1.54, 1.807) is 12.4 Å². The Labute approximate surface area is 100 Å². The van der Waals surface area contributed by atoms with Crippen LogP contribution in [0.3, 0.4) is 0 Å². The number of hydrogen-bond donors (Lipinski definition) is 1. The first kappa shape index (κ1) is 11.8. The number of rotatable bonds is 3. The highest BCUT2D eigenvalue weighted by atomic mass is 35.5. The molecule has 1 N–H and O–H groups in total. The Morgan fingerprint density at radius 1 is 1.62 bits per heavy atom. The second kappa shape index (κ2) is 5.62. The number of nitrogens with zero attached hydrogens (tertiary/aromatic N) is 1. The molecule has 4 heteroatoms. The largest absolute Gasteiger partial charge is 0.392 e. The van der Waals surface area contributed by atoms with Gasteiger partial charge in [-0.3, -0.25) is 4.98 Å². The number of ether oxygens (including phenoxy) is 1. The summed E-state index contributed by atoms with van der Waals surface area (Å²) in [6.45, 7) is 1.48. The van der Waals surface area contributed by atoms with E-state index >= 15 is 0 Å². The van der Waals surface area contributed by atoms with Gasteiger partial charge in [0, 0.05) is 31.3 Å². The number of aromatic nitrogens is 1. The maximum atomic E-state index is 10.1. The summed E-state index contributed by atoms with van der Waals surface area (Å²) < 4.78 is 5.37. The van der Waals surface area contributed by atoms with Crippen LogP contribution in [0.2, 0.25) is 5.02 Å². The summed E-state index contributed by atoms with van der Waals surface area (Å²) in [4.78, 5) is 3.93. The molecule has 0 amide bonds. The van der Waals surface area contributed by atoms with Crippen molar-refractivity contribution in [2.24, 2.45) is 5.92 Å². The zero-order valence-corrected chi connectivity index (χ0v) is 9.86. The monoisotopic (exact) mass is 241 g/mol. The van der Waals surface area contributed by atoms with Crippen molar-refractivity contribution in [3.05, 3.63) is 29.0 Å². The van der Waals surface area contributed by atoms with Gasteiger partial charge in [-0.1, -0.05) is 11.6 Å². The van der Waals surface area contributed by atoms with E-state index < -0.39 is 0 Å². The van der Waals surface area contributed by atoms with E-state index in [0.29, 0.717) is 18.1 Å². The molecule has 2 atom stereocenters. The van der Waals surface area contributed by atoms with Gasteiger partial charge in [-0.05, 0) is 24.5 Å². The third-order valence-electron chi connectivity index (χ3n) is 3.03. The van der Waals surface area contributed by atoms with Crippen LogP contribution in [0.25, 0.3) is 0 Å². The fraction of sp³-hybridized carbons (Fsp3) is 0.583. The maximum Gasteiger partial charge on any atom is 0.0631 e. The highest BCUT2D eigenvalue weighted by Crippen LogP contribution is 2.22. The molecule has 1 aliphatic rings. The average molecular weight is 242 g/mol. The summed E-state index contributed by atoms with van der Waals surface area (Å²) in [7, 11) is 0. The van der Waals surface area contributed by atoms with E-state index in [1.165, 1.54) is 0 Å². The van der Waals surface area contributed by atoms with E-state index in [2.05, 4.69) is 4.98 Å². The van der Waals surface area contributed by atoms with Crippen molar-refractivity contribution in [3.8, 4) is 0 Å². The summed E-state index contributed by atoms with van der Waals surface area (Å²) >= 11 is 6.00. The highest BCUT2D eigenvalue weighted by molar-refractivity contribution is 6.31. The second-order valence-corrected chi connectivity index (χ2v) is 4.62. The van der Waals surface area contributed by atoms with Crippen LogP contribution in [0.4, 0.5) is 0 Å². The molecule has 3 nitrogen and oxygen atoms in total. The van der Waals surface area contributed by atoms with Crippen molar-refractivity contribution in [1.29, 1.82) is 0 Å². The molecule has 2 unspecified atom stereocenters. The van der Waals surface area contributed by atoms with Gasteiger partial charge >= 0.3 is 0 Å². The quantitative estimate of drug-likeness (QED) is 0.881. The summed E-state index contributed by atoms with van der Waals surface area (Å²) in [5.41, 5.74) is 0.953. The molecule has 0 aromatic carbocycles. The topological polar surface area (TPSA) is 42.4 Å². The van der Waals surface area contributed by atoms with Crippen LogP contribution in [0, 0.1) is 5.92 Å². The van der Waals surface area contributed by atoms with Gasteiger partial charge in [0.15, 0.2) is 0 Å². The lowest BCUT2D eigenvalue weighted by Gasteiger charge is -2.26. The standard InChI is InChI=1S/C12H16ClNO2/c13-11-7-14-4-3-9(11)6-12(15)10-2-1-5-16-8-10/h3-4,7,10,12,15H,1-2,5-6,8H2. The van der Waals surface area contributed by atoms with E-state index in [-0.39, 0.29) is 12.0 Å². The lowest BCUT2D eigenvalue weighted by molar-refractivity contribution is -0.00847. The van der Waals surface area contributed by atoms with Gasteiger partial charge < -0.3 is 9.84 Å².